The van der Waals surface area contributed by atoms with Gasteiger partial charge in [0.15, 0.2) is 0 Å². The van der Waals surface area contributed by atoms with Crippen molar-refractivity contribution in [2.24, 2.45) is 0 Å². The third kappa shape index (κ3) is 3.70. The van der Waals surface area contributed by atoms with Crippen LogP contribution in [0.3, 0.4) is 0 Å². The molecular formula is C26H25FN2O2. The van der Waals surface area contributed by atoms with Crippen LogP contribution in [-0.2, 0) is 16.7 Å². The third-order valence-corrected chi connectivity index (χ3v) is 6.49. The van der Waals surface area contributed by atoms with Crippen molar-refractivity contribution in [2.75, 3.05) is 25.1 Å². The van der Waals surface area contributed by atoms with Crippen molar-refractivity contribution in [3.8, 4) is 11.1 Å². The van der Waals surface area contributed by atoms with Gasteiger partial charge in [-0.25, -0.2) is 4.39 Å². The van der Waals surface area contributed by atoms with Crippen LogP contribution in [0, 0.1) is 5.82 Å². The average molecular weight is 416 g/mol. The van der Waals surface area contributed by atoms with E-state index < -0.39 is 0 Å². The molecule has 1 spiro atoms. The summed E-state index contributed by atoms with van der Waals surface area (Å²) in [6.07, 6.45) is 1.95. The molecule has 0 saturated carbocycles. The SMILES string of the molecule is O=C(NCc1ccc(F)cc1)c1ccccc1-c1cccc2c1C1(CCOCC1)CN2. The van der Waals surface area contributed by atoms with Gasteiger partial charge in [-0.15, -0.1) is 0 Å². The maximum atomic E-state index is 13.2. The fourth-order valence-electron chi connectivity index (χ4n) is 4.83. The second-order valence-electron chi connectivity index (χ2n) is 8.33. The summed E-state index contributed by atoms with van der Waals surface area (Å²) in [5, 5.41) is 6.57. The van der Waals surface area contributed by atoms with Crippen LogP contribution in [0.5, 0.6) is 0 Å². The van der Waals surface area contributed by atoms with Gasteiger partial charge < -0.3 is 15.4 Å². The maximum Gasteiger partial charge on any atom is 0.252 e. The predicted octanol–water partition coefficient (Wildman–Crippen LogP) is 4.90. The molecule has 3 aromatic rings. The molecule has 1 amide bonds. The molecule has 0 aromatic heterocycles. The number of anilines is 1. The molecule has 2 aliphatic rings. The number of halogens is 1. The van der Waals surface area contributed by atoms with Gasteiger partial charge in [-0.1, -0.05) is 42.5 Å². The number of carbonyl (C=O) groups is 1. The molecule has 0 radical (unpaired) electrons. The maximum absolute atomic E-state index is 13.2. The van der Waals surface area contributed by atoms with Crippen LogP contribution in [0.4, 0.5) is 10.1 Å². The molecule has 5 rings (SSSR count). The number of benzene rings is 3. The molecule has 0 atom stereocenters. The number of carbonyl (C=O) groups excluding carboxylic acids is 1. The van der Waals surface area contributed by atoms with Crippen LogP contribution in [0.2, 0.25) is 0 Å². The molecule has 0 bridgehead atoms. The van der Waals surface area contributed by atoms with E-state index >= 15 is 0 Å². The lowest BCUT2D eigenvalue weighted by molar-refractivity contribution is 0.0568. The van der Waals surface area contributed by atoms with E-state index in [4.69, 9.17) is 4.74 Å². The van der Waals surface area contributed by atoms with Gasteiger partial charge in [0.2, 0.25) is 0 Å². The molecule has 2 N–H and O–H groups in total. The number of nitrogens with one attached hydrogen (secondary N) is 2. The number of ether oxygens (including phenoxy) is 1. The molecule has 2 aliphatic heterocycles. The van der Waals surface area contributed by atoms with Gasteiger partial charge in [0.25, 0.3) is 5.91 Å². The van der Waals surface area contributed by atoms with E-state index in [1.54, 1.807) is 12.1 Å². The Kier molecular flexibility index (Phi) is 5.20. The van der Waals surface area contributed by atoms with Crippen LogP contribution in [-0.4, -0.2) is 25.7 Å². The Morgan fingerprint density at radius 1 is 0.968 bits per heavy atom. The molecule has 5 heteroatoms. The minimum atomic E-state index is -0.283. The minimum absolute atomic E-state index is 0.0435. The van der Waals surface area contributed by atoms with E-state index in [0.717, 1.165) is 55.0 Å². The fraction of sp³-hybridized carbons (Fsp3) is 0.269. The lowest BCUT2D eigenvalue weighted by Gasteiger charge is -2.34. The highest BCUT2D eigenvalue weighted by Gasteiger charge is 2.42. The molecule has 0 unspecified atom stereocenters. The number of hydrogen-bond acceptors (Lipinski definition) is 3. The first-order valence-electron chi connectivity index (χ1n) is 10.7. The summed E-state index contributed by atoms with van der Waals surface area (Å²) in [4.78, 5) is 13.1. The quantitative estimate of drug-likeness (QED) is 0.636. The second-order valence-corrected chi connectivity index (χ2v) is 8.33. The predicted molar refractivity (Wildman–Crippen MR) is 120 cm³/mol. The van der Waals surface area contributed by atoms with E-state index in [1.165, 1.54) is 17.7 Å². The normalized spacial score (nSPS) is 16.5. The summed E-state index contributed by atoms with van der Waals surface area (Å²) >= 11 is 0. The lowest BCUT2D eigenvalue weighted by Crippen LogP contribution is -2.36. The molecule has 158 valence electrons. The summed E-state index contributed by atoms with van der Waals surface area (Å²) in [5.74, 6) is -0.418. The zero-order chi connectivity index (χ0) is 21.3. The van der Waals surface area contributed by atoms with E-state index in [0.29, 0.717) is 12.1 Å². The van der Waals surface area contributed by atoms with Gasteiger partial charge in [0.1, 0.15) is 5.82 Å². The fourth-order valence-corrected chi connectivity index (χ4v) is 4.83. The third-order valence-electron chi connectivity index (χ3n) is 6.49. The van der Waals surface area contributed by atoms with E-state index in [9.17, 15) is 9.18 Å². The molecule has 2 heterocycles. The summed E-state index contributed by atoms with van der Waals surface area (Å²) in [5.41, 5.74) is 6.05. The Balaban J connectivity index is 1.48. The minimum Gasteiger partial charge on any atom is -0.384 e. The van der Waals surface area contributed by atoms with Crippen molar-refractivity contribution in [3.05, 3.63) is 89.2 Å². The van der Waals surface area contributed by atoms with E-state index in [1.807, 2.05) is 30.3 Å². The first-order chi connectivity index (χ1) is 15.2. The number of hydrogen-bond donors (Lipinski definition) is 2. The zero-order valence-corrected chi connectivity index (χ0v) is 17.3. The Labute approximate surface area is 181 Å². The average Bonchev–Trinajstić information content (AvgIpc) is 3.17. The highest BCUT2D eigenvalue weighted by Crippen LogP contribution is 2.48. The standard InChI is InChI=1S/C26H25FN2O2/c27-19-10-8-18(9-11-19)16-28-25(30)22-5-2-1-4-20(22)21-6-3-7-23-24(21)26(17-29-23)12-14-31-15-13-26/h1-11,29H,12-17H2,(H,28,30). The Bertz CT molecular complexity index is 1100. The monoisotopic (exact) mass is 416 g/mol. The Hall–Kier alpha value is -3.18. The smallest absolute Gasteiger partial charge is 0.252 e. The van der Waals surface area contributed by atoms with Gasteiger partial charge in [0, 0.05) is 43.0 Å². The summed E-state index contributed by atoms with van der Waals surface area (Å²) in [6.45, 7) is 2.77. The van der Waals surface area contributed by atoms with Crippen molar-refractivity contribution in [3.63, 3.8) is 0 Å². The molecular weight excluding hydrogens is 391 g/mol. The summed E-state index contributed by atoms with van der Waals surface area (Å²) in [6, 6.07) is 20.2. The van der Waals surface area contributed by atoms with Crippen molar-refractivity contribution in [1.82, 2.24) is 5.32 Å². The topological polar surface area (TPSA) is 50.4 Å². The number of fused-ring (bicyclic) bond motifs is 2. The molecule has 3 aromatic carbocycles. The number of rotatable bonds is 4. The molecule has 1 fully saturated rings. The highest BCUT2D eigenvalue weighted by atomic mass is 19.1. The van der Waals surface area contributed by atoms with Crippen LogP contribution in [0.15, 0.2) is 66.7 Å². The Morgan fingerprint density at radius 2 is 1.71 bits per heavy atom. The van der Waals surface area contributed by atoms with E-state index in [-0.39, 0.29) is 17.1 Å². The van der Waals surface area contributed by atoms with Crippen molar-refractivity contribution in [2.45, 2.75) is 24.8 Å². The van der Waals surface area contributed by atoms with Crippen molar-refractivity contribution >= 4 is 11.6 Å². The molecule has 1 saturated heterocycles. The van der Waals surface area contributed by atoms with Crippen molar-refractivity contribution < 1.29 is 13.9 Å². The van der Waals surface area contributed by atoms with Crippen LogP contribution in [0.25, 0.3) is 11.1 Å². The first-order valence-corrected chi connectivity index (χ1v) is 10.7. The molecule has 0 aliphatic carbocycles. The van der Waals surface area contributed by atoms with Crippen molar-refractivity contribution in [1.29, 1.82) is 0 Å². The Morgan fingerprint density at radius 3 is 2.52 bits per heavy atom. The van der Waals surface area contributed by atoms with Crippen LogP contribution < -0.4 is 10.6 Å². The van der Waals surface area contributed by atoms with Gasteiger partial charge >= 0.3 is 0 Å². The van der Waals surface area contributed by atoms with Crippen LogP contribution >= 0.6 is 0 Å². The van der Waals surface area contributed by atoms with Gasteiger partial charge in [-0.2, -0.15) is 0 Å². The second kappa shape index (κ2) is 8.16. The largest absolute Gasteiger partial charge is 0.384 e. The zero-order valence-electron chi connectivity index (χ0n) is 17.3. The summed E-state index contributed by atoms with van der Waals surface area (Å²) in [7, 11) is 0. The van der Waals surface area contributed by atoms with Gasteiger partial charge in [-0.05, 0) is 59.4 Å². The van der Waals surface area contributed by atoms with Gasteiger partial charge in [0.05, 0.1) is 0 Å². The van der Waals surface area contributed by atoms with E-state index in [2.05, 4.69) is 22.8 Å². The van der Waals surface area contributed by atoms with Gasteiger partial charge in [-0.3, -0.25) is 4.79 Å². The molecule has 31 heavy (non-hydrogen) atoms. The first kappa shape index (κ1) is 19.8. The number of amides is 1. The lowest BCUT2D eigenvalue weighted by atomic mass is 9.73. The summed E-state index contributed by atoms with van der Waals surface area (Å²) < 4.78 is 18.8. The van der Waals surface area contributed by atoms with Crippen LogP contribution in [0.1, 0.15) is 34.3 Å². The molecule has 4 nitrogen and oxygen atoms in total. The highest BCUT2D eigenvalue weighted by molar-refractivity contribution is 6.01.